The van der Waals surface area contributed by atoms with Crippen molar-refractivity contribution in [1.82, 2.24) is 14.5 Å². The fourth-order valence-corrected chi connectivity index (χ4v) is 2.90. The van der Waals surface area contributed by atoms with Crippen molar-refractivity contribution in [3.05, 3.63) is 11.8 Å². The summed E-state index contributed by atoms with van der Waals surface area (Å²) in [7, 11) is -2.49. The third-order valence-electron chi connectivity index (χ3n) is 2.27. The summed E-state index contributed by atoms with van der Waals surface area (Å²) in [6.07, 6.45) is 0.988. The van der Waals surface area contributed by atoms with E-state index in [4.69, 9.17) is 11.5 Å². The Hall–Kier alpha value is -1.94. The lowest BCUT2D eigenvalue weighted by Crippen LogP contribution is -2.46. The molecule has 0 bridgehead atoms. The van der Waals surface area contributed by atoms with Crippen LogP contribution in [0.25, 0.3) is 0 Å². The summed E-state index contributed by atoms with van der Waals surface area (Å²) in [5, 5.41) is 3.54. The maximum atomic E-state index is 12.0. The molecule has 0 unspecified atom stereocenters. The van der Waals surface area contributed by atoms with Crippen molar-refractivity contribution in [1.29, 1.82) is 0 Å². The molecule has 1 rings (SSSR count). The first-order valence-corrected chi connectivity index (χ1v) is 6.72. The molecule has 1 aromatic heterocycles. The number of sulfonamides is 1. The average Bonchev–Trinajstić information content (AvgIpc) is 2.56. The topological polar surface area (TPSA) is 150 Å². The number of nitrogens with one attached hydrogen (secondary N) is 1. The average molecular weight is 289 g/mol. The Balaban J connectivity index is 3.04. The SMILES string of the molecule is Cc1cn(C)nc1S(=O)(=O)N[C@@H](CC(N)=O)C(N)=O. The molecule has 0 saturated carbocycles. The Morgan fingerprint density at radius 2 is 2.05 bits per heavy atom. The Morgan fingerprint density at radius 3 is 2.42 bits per heavy atom. The maximum absolute atomic E-state index is 12.0. The van der Waals surface area contributed by atoms with E-state index in [0.29, 0.717) is 5.56 Å². The zero-order valence-corrected chi connectivity index (χ0v) is 11.3. The highest BCUT2D eigenvalue weighted by Gasteiger charge is 2.28. The number of primary amides is 2. The smallest absolute Gasteiger partial charge is 0.260 e. The highest BCUT2D eigenvalue weighted by molar-refractivity contribution is 7.89. The molecule has 0 aliphatic rings. The molecule has 1 heterocycles. The van der Waals surface area contributed by atoms with Crippen LogP contribution < -0.4 is 16.2 Å². The van der Waals surface area contributed by atoms with Crippen molar-refractivity contribution in [2.45, 2.75) is 24.4 Å². The largest absolute Gasteiger partial charge is 0.370 e. The first kappa shape index (κ1) is 15.1. The van der Waals surface area contributed by atoms with Crippen LogP contribution in [0.4, 0.5) is 0 Å². The van der Waals surface area contributed by atoms with E-state index >= 15 is 0 Å². The van der Waals surface area contributed by atoms with Gasteiger partial charge < -0.3 is 11.5 Å². The van der Waals surface area contributed by atoms with Crippen molar-refractivity contribution in [2.24, 2.45) is 18.5 Å². The molecule has 1 aromatic rings. The third-order valence-corrected chi connectivity index (χ3v) is 3.77. The van der Waals surface area contributed by atoms with Crippen LogP contribution in [0.5, 0.6) is 0 Å². The van der Waals surface area contributed by atoms with Gasteiger partial charge in [-0.15, -0.1) is 0 Å². The zero-order chi connectivity index (χ0) is 14.8. The second-order valence-corrected chi connectivity index (χ2v) is 5.67. The van der Waals surface area contributed by atoms with Crippen molar-refractivity contribution < 1.29 is 18.0 Å². The highest BCUT2D eigenvalue weighted by atomic mass is 32.2. The molecule has 10 heteroatoms. The lowest BCUT2D eigenvalue weighted by Gasteiger charge is -2.13. The van der Waals surface area contributed by atoms with Gasteiger partial charge in [0, 0.05) is 18.8 Å². The van der Waals surface area contributed by atoms with Gasteiger partial charge in [0.15, 0.2) is 5.03 Å². The molecular formula is C9H15N5O4S. The van der Waals surface area contributed by atoms with Crippen molar-refractivity contribution >= 4 is 21.8 Å². The van der Waals surface area contributed by atoms with Crippen molar-refractivity contribution in [3.63, 3.8) is 0 Å². The lowest BCUT2D eigenvalue weighted by molar-refractivity contribution is -0.124. The van der Waals surface area contributed by atoms with E-state index in [1.807, 2.05) is 4.72 Å². The first-order chi connectivity index (χ1) is 8.63. The van der Waals surface area contributed by atoms with E-state index in [0.717, 1.165) is 0 Å². The van der Waals surface area contributed by atoms with Gasteiger partial charge in [-0.25, -0.2) is 8.42 Å². The molecular weight excluding hydrogens is 274 g/mol. The van der Waals surface area contributed by atoms with Crippen LogP contribution in [0.3, 0.4) is 0 Å². The minimum atomic E-state index is -4.05. The number of hydrogen-bond acceptors (Lipinski definition) is 5. The normalized spacial score (nSPS) is 13.2. The molecule has 0 fully saturated rings. The fourth-order valence-electron chi connectivity index (χ4n) is 1.50. The molecule has 2 amide bonds. The standard InChI is InChI=1S/C9H15N5O4S/c1-5-4-14(2)12-9(5)19(17,18)13-6(8(11)16)3-7(10)15/h4,6,13H,3H2,1-2H3,(H2,10,15)(H2,11,16)/t6-/m0/s1. The van der Waals surface area contributed by atoms with Gasteiger partial charge in [-0.3, -0.25) is 14.3 Å². The number of aromatic nitrogens is 2. The Labute approximate surface area is 110 Å². The molecule has 19 heavy (non-hydrogen) atoms. The second-order valence-electron chi connectivity index (χ2n) is 4.04. The van der Waals surface area contributed by atoms with Crippen LogP contribution in [0, 0.1) is 6.92 Å². The summed E-state index contributed by atoms with van der Waals surface area (Å²) in [6, 6.07) is -1.40. The molecule has 0 spiro atoms. The summed E-state index contributed by atoms with van der Waals surface area (Å²) >= 11 is 0. The molecule has 0 aliphatic carbocycles. The number of aryl methyl sites for hydroxylation is 2. The van der Waals surface area contributed by atoms with Crippen LogP contribution >= 0.6 is 0 Å². The van der Waals surface area contributed by atoms with Gasteiger partial charge in [-0.05, 0) is 6.92 Å². The van der Waals surface area contributed by atoms with Gasteiger partial charge in [0.1, 0.15) is 6.04 Å². The van der Waals surface area contributed by atoms with Crippen LogP contribution in [0.2, 0.25) is 0 Å². The van der Waals surface area contributed by atoms with E-state index in [1.54, 1.807) is 14.0 Å². The van der Waals surface area contributed by atoms with E-state index in [9.17, 15) is 18.0 Å². The Kier molecular flexibility index (Phi) is 4.27. The van der Waals surface area contributed by atoms with Gasteiger partial charge in [0.25, 0.3) is 10.0 Å². The molecule has 0 radical (unpaired) electrons. The summed E-state index contributed by atoms with van der Waals surface area (Å²) < 4.78 is 27.4. The zero-order valence-electron chi connectivity index (χ0n) is 10.5. The summed E-state index contributed by atoms with van der Waals surface area (Å²) in [4.78, 5) is 21.9. The first-order valence-electron chi connectivity index (χ1n) is 5.23. The van der Waals surface area contributed by atoms with E-state index < -0.39 is 34.3 Å². The van der Waals surface area contributed by atoms with Crippen LogP contribution in [-0.2, 0) is 26.7 Å². The number of rotatable bonds is 6. The van der Waals surface area contributed by atoms with Gasteiger partial charge >= 0.3 is 0 Å². The van der Waals surface area contributed by atoms with Gasteiger partial charge in [-0.2, -0.15) is 9.82 Å². The molecule has 5 N–H and O–H groups in total. The predicted octanol–water partition coefficient (Wildman–Crippen LogP) is -2.26. The Morgan fingerprint density at radius 1 is 1.47 bits per heavy atom. The summed E-state index contributed by atoms with van der Waals surface area (Å²) in [6.45, 7) is 1.55. The monoisotopic (exact) mass is 289 g/mol. The quantitative estimate of drug-likeness (QED) is 0.540. The number of nitrogens with zero attached hydrogens (tertiary/aromatic N) is 2. The van der Waals surface area contributed by atoms with Crippen LogP contribution in [0.1, 0.15) is 12.0 Å². The molecule has 1 atom stereocenters. The summed E-state index contributed by atoms with van der Waals surface area (Å²) in [5.74, 6) is -1.83. The molecule has 0 aromatic carbocycles. The minimum absolute atomic E-state index is 0.231. The van der Waals surface area contributed by atoms with Crippen molar-refractivity contribution in [2.75, 3.05) is 0 Å². The molecule has 106 valence electrons. The predicted molar refractivity (Wildman–Crippen MR) is 65.1 cm³/mol. The molecule has 9 nitrogen and oxygen atoms in total. The molecule has 0 aliphatic heterocycles. The van der Waals surface area contributed by atoms with Gasteiger partial charge in [-0.1, -0.05) is 0 Å². The second kappa shape index (κ2) is 5.36. The van der Waals surface area contributed by atoms with E-state index in [-0.39, 0.29) is 5.03 Å². The van der Waals surface area contributed by atoms with Crippen LogP contribution in [0.15, 0.2) is 11.2 Å². The van der Waals surface area contributed by atoms with E-state index in [2.05, 4.69) is 5.10 Å². The van der Waals surface area contributed by atoms with Crippen LogP contribution in [-0.4, -0.2) is 36.1 Å². The maximum Gasteiger partial charge on any atom is 0.260 e. The number of carbonyl (C=O) groups excluding carboxylic acids is 2. The minimum Gasteiger partial charge on any atom is -0.370 e. The Bertz CT molecular complexity index is 606. The number of hydrogen-bond donors (Lipinski definition) is 3. The highest BCUT2D eigenvalue weighted by Crippen LogP contribution is 2.12. The van der Waals surface area contributed by atoms with E-state index in [1.165, 1.54) is 10.9 Å². The number of carbonyl (C=O) groups is 2. The van der Waals surface area contributed by atoms with Gasteiger partial charge in [0.05, 0.1) is 6.42 Å². The third kappa shape index (κ3) is 3.76. The number of amides is 2. The number of nitrogens with two attached hydrogens (primary N) is 2. The lowest BCUT2D eigenvalue weighted by atomic mass is 10.2. The van der Waals surface area contributed by atoms with Gasteiger partial charge in [0.2, 0.25) is 11.8 Å². The fraction of sp³-hybridized carbons (Fsp3) is 0.444. The van der Waals surface area contributed by atoms with Crippen molar-refractivity contribution in [3.8, 4) is 0 Å². The summed E-state index contributed by atoms with van der Waals surface area (Å²) in [5.41, 5.74) is 10.3. The molecule has 0 saturated heterocycles.